The zero-order chi connectivity index (χ0) is 14.6. The van der Waals surface area contributed by atoms with E-state index >= 15 is 0 Å². The number of hydrogen-bond acceptors (Lipinski definition) is 4. The van der Waals surface area contributed by atoms with Crippen molar-refractivity contribution in [1.29, 1.82) is 0 Å². The quantitative estimate of drug-likeness (QED) is 0.893. The Labute approximate surface area is 115 Å². The highest BCUT2D eigenvalue weighted by atomic mass is 19.4. The van der Waals surface area contributed by atoms with Gasteiger partial charge in [-0.1, -0.05) is 0 Å². The molecule has 0 aliphatic carbocycles. The summed E-state index contributed by atoms with van der Waals surface area (Å²) in [4.78, 5) is 3.67. The molecule has 2 rings (SSSR count). The van der Waals surface area contributed by atoms with E-state index in [-0.39, 0.29) is 18.5 Å². The highest BCUT2D eigenvalue weighted by Gasteiger charge is 2.33. The van der Waals surface area contributed by atoms with Gasteiger partial charge in [0.2, 0.25) is 0 Å². The van der Waals surface area contributed by atoms with Crippen LogP contribution in [0.4, 0.5) is 19.0 Å². The van der Waals surface area contributed by atoms with Crippen LogP contribution in [0, 0.1) is 0 Å². The molecule has 20 heavy (non-hydrogen) atoms. The molecule has 2 heterocycles. The van der Waals surface area contributed by atoms with Crippen molar-refractivity contribution in [3.05, 3.63) is 23.4 Å². The Kier molecular flexibility index (Phi) is 4.82. The van der Waals surface area contributed by atoms with Crippen molar-refractivity contribution in [2.24, 2.45) is 0 Å². The number of nitrogens with one attached hydrogen (secondary N) is 2. The van der Waals surface area contributed by atoms with Crippen molar-refractivity contribution in [2.75, 3.05) is 25.5 Å². The van der Waals surface area contributed by atoms with E-state index in [1.165, 1.54) is 7.11 Å². The lowest BCUT2D eigenvalue weighted by molar-refractivity contribution is -0.141. The van der Waals surface area contributed by atoms with Gasteiger partial charge in [0.1, 0.15) is 11.5 Å². The van der Waals surface area contributed by atoms with Gasteiger partial charge in [0.15, 0.2) is 0 Å². The summed E-state index contributed by atoms with van der Waals surface area (Å²) in [5, 5.41) is 6.29. The Hall–Kier alpha value is -1.34. The molecule has 1 fully saturated rings. The fourth-order valence-corrected chi connectivity index (χ4v) is 2.23. The molecule has 0 atom stereocenters. The number of methoxy groups -OCH3 is 1. The fraction of sp³-hybridized carbons (Fsp3) is 0.615. The summed E-state index contributed by atoms with van der Waals surface area (Å²) in [6, 6.07) is 2.79. The van der Waals surface area contributed by atoms with Crippen LogP contribution in [0.15, 0.2) is 12.1 Å². The van der Waals surface area contributed by atoms with Gasteiger partial charge in [-0.15, -0.1) is 0 Å². The SMILES string of the molecule is COCc1cc(NC2CCNCC2)nc(C(F)(F)F)c1. The standard InChI is InChI=1S/C13H18F3N3O/c1-20-8-9-6-11(13(14,15)16)19-12(7-9)18-10-2-4-17-5-3-10/h6-7,10,17H,2-5,8H2,1H3,(H,18,19). The summed E-state index contributed by atoms with van der Waals surface area (Å²) in [7, 11) is 1.45. The number of alkyl halides is 3. The predicted molar refractivity (Wildman–Crippen MR) is 69.5 cm³/mol. The first-order valence-electron chi connectivity index (χ1n) is 6.53. The van der Waals surface area contributed by atoms with Gasteiger partial charge in [-0.2, -0.15) is 13.2 Å². The van der Waals surface area contributed by atoms with Gasteiger partial charge in [-0.3, -0.25) is 0 Å². The van der Waals surface area contributed by atoms with E-state index in [0.29, 0.717) is 5.56 Å². The minimum Gasteiger partial charge on any atom is -0.380 e. The van der Waals surface area contributed by atoms with Crippen molar-refractivity contribution in [2.45, 2.75) is 31.7 Å². The summed E-state index contributed by atoms with van der Waals surface area (Å²) in [6.07, 6.45) is -2.70. The molecule has 1 aliphatic heterocycles. The van der Waals surface area contributed by atoms with Crippen molar-refractivity contribution < 1.29 is 17.9 Å². The molecule has 0 bridgehead atoms. The number of ether oxygens (including phenoxy) is 1. The Balaban J connectivity index is 2.19. The van der Waals surface area contributed by atoms with Crippen LogP contribution < -0.4 is 10.6 Å². The van der Waals surface area contributed by atoms with Crippen LogP contribution in [0.3, 0.4) is 0 Å². The first-order valence-corrected chi connectivity index (χ1v) is 6.53. The van der Waals surface area contributed by atoms with Gasteiger partial charge in [-0.05, 0) is 43.6 Å². The molecular weight excluding hydrogens is 271 g/mol. The number of anilines is 1. The number of halogens is 3. The Morgan fingerprint density at radius 3 is 2.65 bits per heavy atom. The van der Waals surface area contributed by atoms with Gasteiger partial charge in [0.05, 0.1) is 6.61 Å². The van der Waals surface area contributed by atoms with E-state index in [1.807, 2.05) is 0 Å². The highest BCUT2D eigenvalue weighted by Crippen LogP contribution is 2.30. The van der Waals surface area contributed by atoms with Crippen LogP contribution in [0.25, 0.3) is 0 Å². The van der Waals surface area contributed by atoms with E-state index < -0.39 is 11.9 Å². The van der Waals surface area contributed by atoms with Crippen LogP contribution >= 0.6 is 0 Å². The lowest BCUT2D eigenvalue weighted by atomic mass is 10.1. The molecule has 0 amide bonds. The van der Waals surface area contributed by atoms with Crippen molar-refractivity contribution in [3.63, 3.8) is 0 Å². The van der Waals surface area contributed by atoms with Crippen molar-refractivity contribution >= 4 is 5.82 Å². The second-order valence-electron chi connectivity index (χ2n) is 4.85. The third kappa shape index (κ3) is 4.08. The molecule has 1 aromatic rings. The lowest BCUT2D eigenvalue weighted by Crippen LogP contribution is -2.35. The van der Waals surface area contributed by atoms with E-state index in [0.717, 1.165) is 32.0 Å². The Morgan fingerprint density at radius 1 is 1.35 bits per heavy atom. The monoisotopic (exact) mass is 289 g/mol. The van der Waals surface area contributed by atoms with Gasteiger partial charge in [0.25, 0.3) is 0 Å². The second kappa shape index (κ2) is 6.41. The maximum atomic E-state index is 12.8. The smallest absolute Gasteiger partial charge is 0.380 e. The summed E-state index contributed by atoms with van der Waals surface area (Å²) < 4.78 is 43.4. The minimum absolute atomic E-state index is 0.131. The predicted octanol–water partition coefficient (Wildman–Crippen LogP) is 2.41. The number of piperidine rings is 1. The summed E-state index contributed by atoms with van der Waals surface area (Å²) >= 11 is 0. The van der Waals surface area contributed by atoms with Crippen LogP contribution in [-0.2, 0) is 17.5 Å². The largest absolute Gasteiger partial charge is 0.433 e. The maximum Gasteiger partial charge on any atom is 0.433 e. The molecule has 0 radical (unpaired) electrons. The molecule has 1 aromatic heterocycles. The van der Waals surface area contributed by atoms with E-state index in [2.05, 4.69) is 15.6 Å². The number of rotatable bonds is 4. The van der Waals surface area contributed by atoms with Crippen LogP contribution in [0.1, 0.15) is 24.1 Å². The number of nitrogens with zero attached hydrogens (tertiary/aromatic N) is 1. The highest BCUT2D eigenvalue weighted by molar-refractivity contribution is 5.41. The molecule has 4 nitrogen and oxygen atoms in total. The molecule has 0 saturated carbocycles. The van der Waals surface area contributed by atoms with Crippen molar-refractivity contribution in [3.8, 4) is 0 Å². The Bertz CT molecular complexity index is 445. The van der Waals surface area contributed by atoms with Crippen LogP contribution in [0.2, 0.25) is 0 Å². The summed E-state index contributed by atoms with van der Waals surface area (Å²) in [6.45, 7) is 1.86. The second-order valence-corrected chi connectivity index (χ2v) is 4.85. The first-order chi connectivity index (χ1) is 9.49. The maximum absolute atomic E-state index is 12.8. The van der Waals surface area contributed by atoms with Gasteiger partial charge in [-0.25, -0.2) is 4.98 Å². The number of hydrogen-bond donors (Lipinski definition) is 2. The van der Waals surface area contributed by atoms with E-state index in [4.69, 9.17) is 4.74 Å². The third-order valence-electron chi connectivity index (χ3n) is 3.18. The third-order valence-corrected chi connectivity index (χ3v) is 3.18. The summed E-state index contributed by atoms with van der Waals surface area (Å²) in [5.74, 6) is 0.263. The molecule has 0 aromatic carbocycles. The normalized spacial score (nSPS) is 17.2. The van der Waals surface area contributed by atoms with Gasteiger partial charge >= 0.3 is 6.18 Å². The average Bonchev–Trinajstić information content (AvgIpc) is 2.39. The molecule has 0 unspecified atom stereocenters. The van der Waals surface area contributed by atoms with E-state index in [9.17, 15) is 13.2 Å². The number of aromatic nitrogens is 1. The van der Waals surface area contributed by atoms with Gasteiger partial charge in [0, 0.05) is 13.2 Å². The van der Waals surface area contributed by atoms with Crippen LogP contribution in [0.5, 0.6) is 0 Å². The molecule has 112 valence electrons. The van der Waals surface area contributed by atoms with E-state index in [1.54, 1.807) is 6.07 Å². The summed E-state index contributed by atoms with van der Waals surface area (Å²) in [5.41, 5.74) is -0.422. The van der Waals surface area contributed by atoms with Crippen molar-refractivity contribution in [1.82, 2.24) is 10.3 Å². The molecule has 1 aliphatic rings. The molecule has 0 spiro atoms. The topological polar surface area (TPSA) is 46.2 Å². The Morgan fingerprint density at radius 2 is 2.05 bits per heavy atom. The average molecular weight is 289 g/mol. The first kappa shape index (κ1) is 15.1. The van der Waals surface area contributed by atoms with Gasteiger partial charge < -0.3 is 15.4 Å². The molecule has 2 N–H and O–H groups in total. The minimum atomic E-state index is -4.45. The molecule has 7 heteroatoms. The zero-order valence-electron chi connectivity index (χ0n) is 11.3. The zero-order valence-corrected chi connectivity index (χ0v) is 11.3. The molecule has 1 saturated heterocycles. The molecular formula is C13H18F3N3O. The van der Waals surface area contributed by atoms with Crippen LogP contribution in [-0.4, -0.2) is 31.2 Å². The number of pyridine rings is 1. The lowest BCUT2D eigenvalue weighted by Gasteiger charge is -2.24. The fourth-order valence-electron chi connectivity index (χ4n) is 2.23.